The molecule has 0 saturated heterocycles. The van der Waals surface area contributed by atoms with Crippen LogP contribution in [0.25, 0.3) is 10.9 Å². The third kappa shape index (κ3) is 2.59. The molecule has 1 aromatic heterocycles. The number of nitriles is 1. The number of hydrogen-bond acceptors (Lipinski definition) is 2. The molecule has 2 atom stereocenters. The van der Waals surface area contributed by atoms with Crippen LogP contribution >= 0.6 is 15.9 Å². The van der Waals surface area contributed by atoms with Crippen molar-refractivity contribution in [2.45, 2.75) is 38.0 Å². The summed E-state index contributed by atoms with van der Waals surface area (Å²) >= 11 is 3.54. The molecule has 0 saturated carbocycles. The first-order valence-corrected chi connectivity index (χ1v) is 9.55. The fourth-order valence-corrected chi connectivity index (χ4v) is 4.57. The van der Waals surface area contributed by atoms with E-state index in [1.165, 1.54) is 11.1 Å². The molecular weight excluding hydrogens is 388 g/mol. The van der Waals surface area contributed by atoms with Gasteiger partial charge in [0.1, 0.15) is 0 Å². The summed E-state index contributed by atoms with van der Waals surface area (Å²) in [7, 11) is 0. The van der Waals surface area contributed by atoms with E-state index < -0.39 is 5.41 Å². The number of nitrogens with zero attached hydrogens (tertiary/aromatic N) is 1. The van der Waals surface area contributed by atoms with Crippen LogP contribution in [0.5, 0.6) is 0 Å². The molecule has 0 aliphatic heterocycles. The molecule has 0 amide bonds. The lowest BCUT2D eigenvalue weighted by molar-refractivity contribution is 0.470. The molecule has 3 aromatic rings. The van der Waals surface area contributed by atoms with Gasteiger partial charge in [0.25, 0.3) is 5.56 Å². The Balaban J connectivity index is 1.85. The maximum Gasteiger partial charge on any atom is 0.251 e. The van der Waals surface area contributed by atoms with Gasteiger partial charge in [-0.05, 0) is 73.0 Å². The van der Waals surface area contributed by atoms with Gasteiger partial charge >= 0.3 is 0 Å². The Bertz CT molecular complexity index is 1130. The van der Waals surface area contributed by atoms with Crippen molar-refractivity contribution in [3.63, 3.8) is 0 Å². The van der Waals surface area contributed by atoms with Crippen LogP contribution in [0.1, 0.15) is 41.5 Å². The Morgan fingerprint density at radius 1 is 1.23 bits per heavy atom. The van der Waals surface area contributed by atoms with E-state index in [9.17, 15) is 10.1 Å². The molecule has 3 nitrogen and oxygen atoms in total. The molecule has 0 unspecified atom stereocenters. The van der Waals surface area contributed by atoms with Crippen molar-refractivity contribution >= 4 is 26.8 Å². The number of fused-ring (bicyclic) bond motifs is 2. The fraction of sp³-hybridized carbons (Fsp3) is 0.273. The van der Waals surface area contributed by atoms with E-state index in [0.717, 1.165) is 33.8 Å². The second kappa shape index (κ2) is 6.10. The van der Waals surface area contributed by atoms with Crippen molar-refractivity contribution in [1.29, 1.82) is 5.26 Å². The van der Waals surface area contributed by atoms with Gasteiger partial charge in [-0.25, -0.2) is 0 Å². The van der Waals surface area contributed by atoms with Gasteiger partial charge < -0.3 is 4.98 Å². The van der Waals surface area contributed by atoms with E-state index in [-0.39, 0.29) is 11.5 Å². The molecule has 4 rings (SSSR count). The zero-order chi connectivity index (χ0) is 18.5. The molecule has 0 fully saturated rings. The maximum atomic E-state index is 12.0. The van der Waals surface area contributed by atoms with Crippen LogP contribution in [0.2, 0.25) is 0 Å². The summed E-state index contributed by atoms with van der Waals surface area (Å²) in [6, 6.07) is 16.8. The molecule has 1 heterocycles. The largest absolute Gasteiger partial charge is 0.322 e. The number of halogens is 1. The Morgan fingerprint density at radius 3 is 2.81 bits per heavy atom. The lowest BCUT2D eigenvalue weighted by Gasteiger charge is -2.30. The molecule has 26 heavy (non-hydrogen) atoms. The van der Waals surface area contributed by atoms with Crippen molar-refractivity contribution in [2.24, 2.45) is 0 Å². The van der Waals surface area contributed by atoms with Crippen LogP contribution in [0.15, 0.2) is 51.7 Å². The summed E-state index contributed by atoms with van der Waals surface area (Å²) in [4.78, 5) is 14.9. The van der Waals surface area contributed by atoms with Crippen molar-refractivity contribution < 1.29 is 0 Å². The Hall–Kier alpha value is -2.38. The Labute approximate surface area is 160 Å². The van der Waals surface area contributed by atoms with E-state index in [2.05, 4.69) is 45.2 Å². The highest BCUT2D eigenvalue weighted by atomic mass is 79.9. The van der Waals surface area contributed by atoms with Gasteiger partial charge in [-0.3, -0.25) is 4.79 Å². The van der Waals surface area contributed by atoms with Crippen LogP contribution in [0.3, 0.4) is 0 Å². The van der Waals surface area contributed by atoms with Crippen molar-refractivity contribution in [3.8, 4) is 6.07 Å². The summed E-state index contributed by atoms with van der Waals surface area (Å²) in [5, 5.41) is 11.1. The van der Waals surface area contributed by atoms with Crippen molar-refractivity contribution in [1.82, 2.24) is 4.98 Å². The zero-order valence-electron chi connectivity index (χ0n) is 14.8. The van der Waals surface area contributed by atoms with Crippen molar-refractivity contribution in [2.75, 3.05) is 0 Å². The number of H-pyrrole nitrogens is 1. The predicted octanol–water partition coefficient (Wildman–Crippen LogP) is 5.11. The number of pyridine rings is 1. The molecule has 1 aliphatic rings. The number of aromatic nitrogens is 1. The van der Waals surface area contributed by atoms with Gasteiger partial charge in [-0.1, -0.05) is 34.1 Å². The van der Waals surface area contributed by atoms with E-state index in [4.69, 9.17) is 0 Å². The minimum atomic E-state index is -0.644. The van der Waals surface area contributed by atoms with E-state index in [1.54, 1.807) is 6.92 Å². The standard InChI is InChI=1S/C22H19BrN2O/c1-13-9-15-3-5-16(11-20(15)25-21(13)26)22(2,12-24)19-8-4-14-10-17(23)6-7-18(14)19/h3,5-7,9-11,19H,4,8H2,1-2H3,(H,25,26)/t19-,22-/m1/s1. The molecule has 2 aromatic carbocycles. The van der Waals surface area contributed by atoms with Crippen LogP contribution in [0, 0.1) is 18.3 Å². The third-order valence-electron chi connectivity index (χ3n) is 5.74. The molecule has 130 valence electrons. The van der Waals surface area contributed by atoms with Gasteiger partial charge in [0.05, 0.1) is 11.5 Å². The van der Waals surface area contributed by atoms with E-state index in [0.29, 0.717) is 5.56 Å². The molecule has 0 spiro atoms. The average Bonchev–Trinajstić information content (AvgIpc) is 3.05. The van der Waals surface area contributed by atoms with Crippen molar-refractivity contribution in [3.05, 3.63) is 79.5 Å². The Morgan fingerprint density at radius 2 is 2.04 bits per heavy atom. The number of benzene rings is 2. The molecule has 1 aliphatic carbocycles. The second-order valence-corrected chi connectivity index (χ2v) is 8.25. The number of aryl methyl sites for hydroxylation is 2. The molecule has 1 N–H and O–H groups in total. The van der Waals surface area contributed by atoms with Crippen LogP contribution in [-0.4, -0.2) is 4.98 Å². The lowest BCUT2D eigenvalue weighted by atomic mass is 9.70. The minimum Gasteiger partial charge on any atom is -0.322 e. The fourth-order valence-electron chi connectivity index (χ4n) is 4.16. The normalized spacial score (nSPS) is 18.3. The maximum absolute atomic E-state index is 12.0. The molecular formula is C22H19BrN2O. The Kier molecular flexibility index (Phi) is 4.00. The van der Waals surface area contributed by atoms with Gasteiger partial charge in [-0.15, -0.1) is 0 Å². The van der Waals surface area contributed by atoms with Gasteiger partial charge in [0, 0.05) is 21.5 Å². The predicted molar refractivity (Wildman–Crippen MR) is 107 cm³/mol. The first kappa shape index (κ1) is 17.1. The number of aromatic amines is 1. The minimum absolute atomic E-state index is 0.0793. The molecule has 0 bridgehead atoms. The zero-order valence-corrected chi connectivity index (χ0v) is 16.4. The summed E-state index contributed by atoms with van der Waals surface area (Å²) in [5.74, 6) is 0.144. The van der Waals surface area contributed by atoms with Gasteiger partial charge in [-0.2, -0.15) is 5.26 Å². The topological polar surface area (TPSA) is 56.6 Å². The highest BCUT2D eigenvalue weighted by molar-refractivity contribution is 9.10. The number of rotatable bonds is 2. The van der Waals surface area contributed by atoms with Crippen LogP contribution in [-0.2, 0) is 11.8 Å². The van der Waals surface area contributed by atoms with E-state index in [1.807, 2.05) is 31.2 Å². The third-order valence-corrected chi connectivity index (χ3v) is 6.24. The summed E-state index contributed by atoms with van der Waals surface area (Å²) in [6.45, 7) is 3.82. The number of nitrogens with one attached hydrogen (secondary N) is 1. The monoisotopic (exact) mass is 406 g/mol. The molecule has 4 heteroatoms. The van der Waals surface area contributed by atoms with E-state index >= 15 is 0 Å². The van der Waals surface area contributed by atoms with Gasteiger partial charge in [0.15, 0.2) is 0 Å². The average molecular weight is 407 g/mol. The summed E-state index contributed by atoms with van der Waals surface area (Å²) in [6.07, 6.45) is 1.94. The highest BCUT2D eigenvalue weighted by Crippen LogP contribution is 2.47. The quantitative estimate of drug-likeness (QED) is 0.642. The second-order valence-electron chi connectivity index (χ2n) is 7.33. The first-order chi connectivity index (χ1) is 12.4. The molecule has 0 radical (unpaired) electrons. The number of hydrogen-bond donors (Lipinski definition) is 1. The first-order valence-electron chi connectivity index (χ1n) is 8.76. The SMILES string of the molecule is Cc1cc2ccc([C@@](C)(C#N)[C@@H]3CCc4cc(Br)ccc43)cc2[nH]c1=O. The van der Waals surface area contributed by atoms with Gasteiger partial charge in [0.2, 0.25) is 0 Å². The summed E-state index contributed by atoms with van der Waals surface area (Å²) < 4.78 is 1.08. The smallest absolute Gasteiger partial charge is 0.251 e. The summed E-state index contributed by atoms with van der Waals surface area (Å²) in [5.41, 5.74) is 4.29. The highest BCUT2D eigenvalue weighted by Gasteiger charge is 2.41. The van der Waals surface area contributed by atoms with Crippen LogP contribution < -0.4 is 5.56 Å². The van der Waals surface area contributed by atoms with Crippen LogP contribution in [0.4, 0.5) is 0 Å². The lowest BCUT2D eigenvalue weighted by Crippen LogP contribution is -2.27.